The van der Waals surface area contributed by atoms with Crippen LogP contribution in [0.2, 0.25) is 0 Å². The summed E-state index contributed by atoms with van der Waals surface area (Å²) in [7, 11) is -4.46. The molecule has 0 spiro atoms. The summed E-state index contributed by atoms with van der Waals surface area (Å²) in [6.07, 6.45) is 0. The Morgan fingerprint density at radius 3 is 2.14 bits per heavy atom. The summed E-state index contributed by atoms with van der Waals surface area (Å²) in [5, 5.41) is 8.55. The van der Waals surface area contributed by atoms with E-state index in [9.17, 15) is 13.2 Å². The van der Waals surface area contributed by atoms with Crippen molar-refractivity contribution in [1.82, 2.24) is 0 Å². The average molecular weight is 244 g/mol. The van der Waals surface area contributed by atoms with Gasteiger partial charge in [-0.25, -0.2) is 4.79 Å². The number of benzene rings is 1. The van der Waals surface area contributed by atoms with Crippen molar-refractivity contribution >= 4 is 53.8 Å². The molecule has 14 heavy (non-hydrogen) atoms. The molecule has 1 aromatic rings. The van der Waals surface area contributed by atoms with E-state index in [4.69, 9.17) is 9.66 Å². The van der Waals surface area contributed by atoms with Gasteiger partial charge < -0.3 is 7.96 Å². The molecule has 7 heteroatoms. The molecule has 0 saturated heterocycles. The standard InChI is InChI=1S/C7H6O5S.Ca.2H/c8-7(9)5-3-1-2-4-6(5)13(10,11)12;;;/h1-4H,(H,8,9)(H,10,11,12);;;/q;+2;2*-1. The first-order chi connectivity index (χ1) is 5.93. The monoisotopic (exact) mass is 244 g/mol. The van der Waals surface area contributed by atoms with Crippen LogP contribution in [0.25, 0.3) is 0 Å². The predicted octanol–water partition coefficient (Wildman–Crippen LogP) is 0.476. The Morgan fingerprint density at radius 2 is 1.79 bits per heavy atom. The number of carboxylic acids is 1. The van der Waals surface area contributed by atoms with E-state index in [1.165, 1.54) is 12.1 Å². The summed E-state index contributed by atoms with van der Waals surface area (Å²) in [6, 6.07) is 4.83. The van der Waals surface area contributed by atoms with Crippen LogP contribution in [0.5, 0.6) is 0 Å². The molecule has 0 saturated carbocycles. The molecular formula is C7H8CaO5S. The molecule has 0 amide bonds. The molecule has 0 fully saturated rings. The van der Waals surface area contributed by atoms with Crippen LogP contribution in [0.4, 0.5) is 0 Å². The van der Waals surface area contributed by atoms with Crippen molar-refractivity contribution in [3.05, 3.63) is 29.8 Å². The van der Waals surface area contributed by atoms with Gasteiger partial charge in [-0.15, -0.1) is 0 Å². The zero-order valence-corrected chi connectivity index (χ0v) is 10.1. The Morgan fingerprint density at radius 1 is 1.29 bits per heavy atom. The van der Waals surface area contributed by atoms with Gasteiger partial charge in [0.2, 0.25) is 0 Å². The van der Waals surface area contributed by atoms with Crippen molar-refractivity contribution in [3.8, 4) is 0 Å². The molecule has 0 heterocycles. The Hall–Kier alpha value is -0.140. The molecule has 0 aliphatic carbocycles. The summed E-state index contributed by atoms with van der Waals surface area (Å²) in [5.41, 5.74) is -0.440. The van der Waals surface area contributed by atoms with Gasteiger partial charge in [0, 0.05) is 0 Å². The first kappa shape index (κ1) is 13.9. The van der Waals surface area contributed by atoms with Crippen molar-refractivity contribution in [1.29, 1.82) is 0 Å². The van der Waals surface area contributed by atoms with E-state index in [-0.39, 0.29) is 40.6 Å². The third kappa shape index (κ3) is 3.21. The molecule has 0 aliphatic rings. The molecule has 0 aromatic heterocycles. The fourth-order valence-electron chi connectivity index (χ4n) is 0.868. The van der Waals surface area contributed by atoms with E-state index >= 15 is 0 Å². The number of hydrogen-bond donors (Lipinski definition) is 2. The van der Waals surface area contributed by atoms with Crippen LogP contribution in [-0.2, 0) is 10.1 Å². The fraction of sp³-hybridized carbons (Fsp3) is 0. The molecule has 0 unspecified atom stereocenters. The van der Waals surface area contributed by atoms with Crippen molar-refractivity contribution in [2.45, 2.75) is 4.90 Å². The first-order valence-corrected chi connectivity index (χ1v) is 4.67. The van der Waals surface area contributed by atoms with Gasteiger partial charge >= 0.3 is 43.7 Å². The number of carboxylic acid groups (broad SMARTS) is 1. The maximum atomic E-state index is 10.7. The minimum atomic E-state index is -4.46. The van der Waals surface area contributed by atoms with Crippen molar-refractivity contribution in [3.63, 3.8) is 0 Å². The maximum absolute atomic E-state index is 10.7. The minimum Gasteiger partial charge on any atom is -1.00 e. The van der Waals surface area contributed by atoms with Crippen molar-refractivity contribution < 1.29 is 25.7 Å². The Bertz CT molecular complexity index is 448. The van der Waals surface area contributed by atoms with Gasteiger partial charge in [-0.05, 0) is 12.1 Å². The Labute approximate surface area is 113 Å². The molecular weight excluding hydrogens is 236 g/mol. The van der Waals surface area contributed by atoms with E-state index in [0.29, 0.717) is 0 Å². The second kappa shape index (κ2) is 5.09. The maximum Gasteiger partial charge on any atom is 2.00 e. The Kier molecular flexibility index (Phi) is 5.03. The molecule has 5 nitrogen and oxygen atoms in total. The number of hydrogen-bond acceptors (Lipinski definition) is 3. The smallest absolute Gasteiger partial charge is 1.00 e. The SMILES string of the molecule is O=C(O)c1ccccc1S(=O)(=O)O.[Ca+2].[H-].[H-]. The third-order valence-corrected chi connectivity index (χ3v) is 2.31. The van der Waals surface area contributed by atoms with Crippen molar-refractivity contribution in [2.75, 3.05) is 0 Å². The summed E-state index contributed by atoms with van der Waals surface area (Å²) >= 11 is 0. The van der Waals surface area contributed by atoms with Gasteiger partial charge in [-0.1, -0.05) is 12.1 Å². The van der Waals surface area contributed by atoms with Crippen LogP contribution < -0.4 is 0 Å². The van der Waals surface area contributed by atoms with Gasteiger partial charge in [0.25, 0.3) is 10.1 Å². The van der Waals surface area contributed by atoms with Gasteiger partial charge in [-0.2, -0.15) is 8.42 Å². The normalized spacial score (nSPS) is 10.4. The summed E-state index contributed by atoms with van der Waals surface area (Å²) < 4.78 is 29.9. The van der Waals surface area contributed by atoms with Crippen LogP contribution in [0.15, 0.2) is 29.2 Å². The van der Waals surface area contributed by atoms with Gasteiger partial charge in [0.15, 0.2) is 0 Å². The summed E-state index contributed by atoms with van der Waals surface area (Å²) in [6.45, 7) is 0. The second-order valence-corrected chi connectivity index (χ2v) is 3.67. The molecule has 1 rings (SSSR count). The minimum absolute atomic E-state index is 0. The number of rotatable bonds is 2. The van der Waals surface area contributed by atoms with E-state index in [1.807, 2.05) is 0 Å². The molecule has 0 bridgehead atoms. The average Bonchev–Trinajstić information content (AvgIpc) is 2.03. The zero-order chi connectivity index (χ0) is 10.1. The fourth-order valence-corrected chi connectivity index (χ4v) is 1.55. The topological polar surface area (TPSA) is 91.7 Å². The van der Waals surface area contributed by atoms with Crippen molar-refractivity contribution in [2.24, 2.45) is 0 Å². The van der Waals surface area contributed by atoms with Crippen LogP contribution in [0.3, 0.4) is 0 Å². The predicted molar refractivity (Wildman–Crippen MR) is 51.2 cm³/mol. The largest absolute Gasteiger partial charge is 2.00 e. The van der Waals surface area contributed by atoms with E-state index in [0.717, 1.165) is 12.1 Å². The molecule has 74 valence electrons. The van der Waals surface area contributed by atoms with E-state index < -0.39 is 26.5 Å². The van der Waals surface area contributed by atoms with Crippen LogP contribution >= 0.6 is 0 Å². The zero-order valence-electron chi connectivity index (χ0n) is 9.04. The molecule has 0 atom stereocenters. The number of carbonyl (C=O) groups is 1. The summed E-state index contributed by atoms with van der Waals surface area (Å²) in [5.74, 6) is -1.40. The summed E-state index contributed by atoms with van der Waals surface area (Å²) in [4.78, 5) is 9.90. The Balaban J connectivity index is -0.000000563. The van der Waals surface area contributed by atoms with E-state index in [2.05, 4.69) is 0 Å². The molecule has 0 radical (unpaired) electrons. The second-order valence-electron chi connectivity index (χ2n) is 2.28. The van der Waals surface area contributed by atoms with Crippen LogP contribution in [0.1, 0.15) is 13.2 Å². The van der Waals surface area contributed by atoms with Crippen LogP contribution in [-0.4, -0.2) is 61.8 Å². The van der Waals surface area contributed by atoms with Gasteiger partial charge in [0.1, 0.15) is 4.90 Å². The van der Waals surface area contributed by atoms with E-state index in [1.54, 1.807) is 0 Å². The molecule has 1 aromatic carbocycles. The first-order valence-electron chi connectivity index (χ1n) is 3.23. The van der Waals surface area contributed by atoms with Crippen LogP contribution in [0, 0.1) is 0 Å². The third-order valence-electron chi connectivity index (χ3n) is 1.40. The quantitative estimate of drug-likeness (QED) is 0.583. The molecule has 0 aliphatic heterocycles. The van der Waals surface area contributed by atoms with Gasteiger partial charge in [0.05, 0.1) is 5.56 Å². The number of aromatic carboxylic acids is 1. The molecule has 2 N–H and O–H groups in total. The van der Waals surface area contributed by atoms with Gasteiger partial charge in [-0.3, -0.25) is 4.55 Å².